The Morgan fingerprint density at radius 2 is 2.00 bits per heavy atom. The zero-order valence-corrected chi connectivity index (χ0v) is 14.8. The van der Waals surface area contributed by atoms with E-state index in [0.717, 1.165) is 8.26 Å². The number of thiophene rings is 1. The highest BCUT2D eigenvalue weighted by Gasteiger charge is 2.16. The van der Waals surface area contributed by atoms with Gasteiger partial charge in [-0.05, 0) is 50.8 Å². The molecule has 0 aliphatic carbocycles. The second kappa shape index (κ2) is 7.40. The van der Waals surface area contributed by atoms with Crippen LogP contribution in [0.1, 0.15) is 30.4 Å². The summed E-state index contributed by atoms with van der Waals surface area (Å²) in [5.74, 6) is -0.447. The summed E-state index contributed by atoms with van der Waals surface area (Å²) >= 11 is 7.84. The third-order valence-electron chi connectivity index (χ3n) is 2.57. The van der Waals surface area contributed by atoms with Gasteiger partial charge in [-0.15, -0.1) is 11.3 Å². The smallest absolute Gasteiger partial charge is 0.348 e. The molecule has 1 heterocycles. The highest BCUT2D eigenvalue weighted by molar-refractivity contribution is 9.13. The first-order valence-electron chi connectivity index (χ1n) is 5.72. The molecule has 1 rings (SSSR count). The Kier molecular flexibility index (Phi) is 6.49. The fraction of sp³-hybridized carbons (Fsp3) is 0.500. The van der Waals surface area contributed by atoms with Crippen molar-refractivity contribution in [1.29, 1.82) is 0 Å². The van der Waals surface area contributed by atoms with Crippen molar-refractivity contribution in [1.82, 2.24) is 5.32 Å². The van der Waals surface area contributed by atoms with Crippen LogP contribution in [0.15, 0.2) is 14.3 Å². The van der Waals surface area contributed by atoms with Crippen molar-refractivity contribution in [3.63, 3.8) is 0 Å². The van der Waals surface area contributed by atoms with Gasteiger partial charge >= 0.3 is 5.97 Å². The van der Waals surface area contributed by atoms with Gasteiger partial charge in [0, 0.05) is 10.5 Å². The third-order valence-corrected chi connectivity index (χ3v) is 5.81. The number of amides is 1. The molecule has 19 heavy (non-hydrogen) atoms. The largest absolute Gasteiger partial charge is 0.451 e. The number of hydrogen-bond acceptors (Lipinski definition) is 4. The highest BCUT2D eigenvalue weighted by atomic mass is 79.9. The Hall–Kier alpha value is -0.400. The second-order valence-electron chi connectivity index (χ2n) is 4.41. The first-order valence-corrected chi connectivity index (χ1v) is 8.12. The summed E-state index contributed by atoms with van der Waals surface area (Å²) in [6.07, 6.45) is 0. The molecule has 0 bridgehead atoms. The number of ether oxygens (including phenoxy) is 1. The van der Waals surface area contributed by atoms with Gasteiger partial charge in [-0.3, -0.25) is 4.79 Å². The molecule has 106 valence electrons. The molecule has 1 amide bonds. The minimum absolute atomic E-state index is 0.0521. The van der Waals surface area contributed by atoms with Gasteiger partial charge in [-0.1, -0.05) is 13.8 Å². The van der Waals surface area contributed by atoms with E-state index in [2.05, 4.69) is 37.2 Å². The lowest BCUT2D eigenvalue weighted by molar-refractivity contribution is -0.125. The molecule has 4 nitrogen and oxygen atoms in total. The van der Waals surface area contributed by atoms with Gasteiger partial charge in [0.2, 0.25) is 0 Å². The minimum Gasteiger partial charge on any atom is -0.451 e. The van der Waals surface area contributed by atoms with E-state index in [9.17, 15) is 9.59 Å². The SMILES string of the molecule is CC(C)C(C)NC(=O)COC(=O)c1cc(Br)c(Br)s1. The maximum atomic E-state index is 11.7. The Morgan fingerprint density at radius 3 is 2.47 bits per heavy atom. The molecule has 1 N–H and O–H groups in total. The number of nitrogens with one attached hydrogen (secondary N) is 1. The Labute approximate surface area is 133 Å². The molecule has 0 radical (unpaired) electrons. The first kappa shape index (κ1) is 16.7. The second-order valence-corrected chi connectivity index (χ2v) is 7.63. The summed E-state index contributed by atoms with van der Waals surface area (Å²) in [4.78, 5) is 23.7. The summed E-state index contributed by atoms with van der Waals surface area (Å²) < 4.78 is 6.57. The van der Waals surface area contributed by atoms with Crippen molar-refractivity contribution in [3.8, 4) is 0 Å². The maximum absolute atomic E-state index is 11.7. The quantitative estimate of drug-likeness (QED) is 0.751. The van der Waals surface area contributed by atoms with E-state index >= 15 is 0 Å². The van der Waals surface area contributed by atoms with Crippen LogP contribution >= 0.6 is 43.2 Å². The van der Waals surface area contributed by atoms with Crippen LogP contribution in [0.3, 0.4) is 0 Å². The van der Waals surface area contributed by atoms with Crippen LogP contribution in [0, 0.1) is 5.92 Å². The molecule has 0 aliphatic heterocycles. The topological polar surface area (TPSA) is 55.4 Å². The summed E-state index contributed by atoms with van der Waals surface area (Å²) in [6.45, 7) is 5.68. The number of halogens is 2. The van der Waals surface area contributed by atoms with Crippen LogP contribution in [-0.2, 0) is 9.53 Å². The number of carbonyl (C=O) groups excluding carboxylic acids is 2. The fourth-order valence-electron chi connectivity index (χ4n) is 1.11. The summed E-state index contributed by atoms with van der Waals surface area (Å²) in [7, 11) is 0. The van der Waals surface area contributed by atoms with E-state index in [4.69, 9.17) is 4.74 Å². The summed E-state index contributed by atoms with van der Waals surface area (Å²) in [5, 5.41) is 2.77. The molecule has 7 heteroatoms. The van der Waals surface area contributed by atoms with Gasteiger partial charge in [-0.25, -0.2) is 4.79 Å². The standard InChI is InChI=1S/C12H15Br2NO3S/c1-6(2)7(3)15-10(16)5-18-12(17)9-4-8(13)11(14)19-9/h4,6-7H,5H2,1-3H3,(H,15,16). The van der Waals surface area contributed by atoms with Gasteiger partial charge in [0.05, 0.1) is 3.79 Å². The van der Waals surface area contributed by atoms with E-state index in [-0.39, 0.29) is 18.6 Å². The van der Waals surface area contributed by atoms with E-state index in [0.29, 0.717) is 10.8 Å². The summed E-state index contributed by atoms with van der Waals surface area (Å²) in [5.41, 5.74) is 0. The van der Waals surface area contributed by atoms with E-state index < -0.39 is 5.97 Å². The zero-order chi connectivity index (χ0) is 14.6. The third kappa shape index (κ3) is 5.24. The number of rotatable bonds is 5. The van der Waals surface area contributed by atoms with Gasteiger partial charge in [0.1, 0.15) is 4.88 Å². The van der Waals surface area contributed by atoms with Crippen molar-refractivity contribution in [2.24, 2.45) is 5.92 Å². The Bertz CT molecular complexity index is 454. The van der Waals surface area contributed by atoms with Gasteiger partial charge in [-0.2, -0.15) is 0 Å². The zero-order valence-electron chi connectivity index (χ0n) is 10.8. The van der Waals surface area contributed by atoms with E-state index in [1.807, 2.05) is 20.8 Å². The molecule has 0 saturated heterocycles. The molecule has 1 aromatic rings. The monoisotopic (exact) mass is 411 g/mol. The van der Waals surface area contributed by atoms with Gasteiger partial charge in [0.25, 0.3) is 5.91 Å². The number of esters is 1. The lowest BCUT2D eigenvalue weighted by atomic mass is 10.1. The predicted molar refractivity (Wildman–Crippen MR) is 82.4 cm³/mol. The van der Waals surface area contributed by atoms with Crippen LogP contribution in [0.5, 0.6) is 0 Å². The van der Waals surface area contributed by atoms with Crippen LogP contribution < -0.4 is 5.32 Å². The molecule has 0 aromatic carbocycles. The van der Waals surface area contributed by atoms with Crippen molar-refractivity contribution in [2.45, 2.75) is 26.8 Å². The van der Waals surface area contributed by atoms with Crippen molar-refractivity contribution < 1.29 is 14.3 Å². The fourth-order valence-corrected chi connectivity index (χ4v) is 3.04. The molecule has 0 fully saturated rings. The number of carbonyl (C=O) groups is 2. The Balaban J connectivity index is 2.44. The van der Waals surface area contributed by atoms with Gasteiger partial charge < -0.3 is 10.1 Å². The molecule has 0 spiro atoms. The molecule has 1 atom stereocenters. The molecular weight excluding hydrogens is 398 g/mol. The minimum atomic E-state index is -0.497. The highest BCUT2D eigenvalue weighted by Crippen LogP contribution is 2.32. The van der Waals surface area contributed by atoms with Crippen LogP contribution in [0.4, 0.5) is 0 Å². The number of hydrogen-bond donors (Lipinski definition) is 1. The van der Waals surface area contributed by atoms with E-state index in [1.54, 1.807) is 6.07 Å². The summed E-state index contributed by atoms with van der Waals surface area (Å²) in [6, 6.07) is 1.71. The molecular formula is C12H15Br2NO3S. The molecule has 1 unspecified atom stereocenters. The average Bonchev–Trinajstić information content (AvgIpc) is 2.66. The van der Waals surface area contributed by atoms with Crippen LogP contribution in [0.2, 0.25) is 0 Å². The van der Waals surface area contributed by atoms with Gasteiger partial charge in [0.15, 0.2) is 6.61 Å². The Morgan fingerprint density at radius 1 is 1.37 bits per heavy atom. The molecule has 1 aromatic heterocycles. The molecule has 0 aliphatic rings. The lowest BCUT2D eigenvalue weighted by Gasteiger charge is -2.17. The lowest BCUT2D eigenvalue weighted by Crippen LogP contribution is -2.38. The van der Waals surface area contributed by atoms with E-state index in [1.165, 1.54) is 11.3 Å². The van der Waals surface area contributed by atoms with Crippen molar-refractivity contribution in [3.05, 3.63) is 19.2 Å². The maximum Gasteiger partial charge on any atom is 0.348 e. The van der Waals surface area contributed by atoms with Crippen molar-refractivity contribution in [2.75, 3.05) is 6.61 Å². The normalized spacial score (nSPS) is 12.3. The average molecular weight is 413 g/mol. The predicted octanol–water partition coefficient (Wildman–Crippen LogP) is 3.59. The first-order chi connectivity index (χ1) is 8.81. The van der Waals surface area contributed by atoms with Crippen LogP contribution in [-0.4, -0.2) is 24.5 Å². The van der Waals surface area contributed by atoms with Crippen molar-refractivity contribution >= 4 is 55.1 Å². The van der Waals surface area contributed by atoms with Crippen LogP contribution in [0.25, 0.3) is 0 Å². The molecule has 0 saturated carbocycles.